The minimum atomic E-state index is -0.104. The van der Waals surface area contributed by atoms with Gasteiger partial charge in [0.25, 0.3) is 0 Å². The van der Waals surface area contributed by atoms with Gasteiger partial charge in [0.15, 0.2) is 5.58 Å². The molecular weight excluding hydrogens is 258 g/mol. The first-order valence-electron chi connectivity index (χ1n) is 6.49. The summed E-state index contributed by atoms with van der Waals surface area (Å²) in [4.78, 5) is 21.8. The number of fused-ring (bicyclic) bond motifs is 1. The lowest BCUT2D eigenvalue weighted by molar-refractivity contribution is -0.120. The molecule has 1 heterocycles. The highest BCUT2D eigenvalue weighted by Crippen LogP contribution is 2.20. The lowest BCUT2D eigenvalue weighted by Gasteiger charge is -2.03. The van der Waals surface area contributed by atoms with Gasteiger partial charge in [-0.25, -0.2) is 0 Å². The first-order valence-corrected chi connectivity index (χ1v) is 6.49. The number of hydrogen-bond donors (Lipinski definition) is 2. The lowest BCUT2D eigenvalue weighted by atomic mass is 10.1. The van der Waals surface area contributed by atoms with Crippen LogP contribution in [0.3, 0.4) is 0 Å². The van der Waals surface area contributed by atoms with Crippen molar-refractivity contribution in [3.63, 3.8) is 0 Å². The molecule has 6 heteroatoms. The third kappa shape index (κ3) is 3.57. The van der Waals surface area contributed by atoms with Gasteiger partial charge in [-0.3, -0.25) is 9.59 Å². The van der Waals surface area contributed by atoms with Gasteiger partial charge in [0.2, 0.25) is 12.3 Å². The summed E-state index contributed by atoms with van der Waals surface area (Å²) in [6.07, 6.45) is 1.53. The van der Waals surface area contributed by atoms with Crippen LogP contribution in [0.1, 0.15) is 17.7 Å². The maximum atomic E-state index is 11.8. The van der Waals surface area contributed by atoms with Crippen molar-refractivity contribution in [3.8, 4) is 0 Å². The molecule has 0 saturated carbocycles. The quantitative estimate of drug-likeness (QED) is 0.581. The number of aromatic nitrogens is 1. The van der Waals surface area contributed by atoms with E-state index in [4.69, 9.17) is 4.52 Å². The van der Waals surface area contributed by atoms with Crippen LogP contribution in [0.2, 0.25) is 0 Å². The normalized spacial score (nSPS) is 10.4. The average Bonchev–Trinajstić information content (AvgIpc) is 2.81. The SMILES string of the molecule is Cc1ccc2onc(CC(=O)NCCCNC=O)c2c1. The summed E-state index contributed by atoms with van der Waals surface area (Å²) in [6.45, 7) is 3.06. The number of hydrogen-bond acceptors (Lipinski definition) is 4. The van der Waals surface area contributed by atoms with Crippen LogP contribution in [0.5, 0.6) is 0 Å². The fourth-order valence-corrected chi connectivity index (χ4v) is 1.92. The predicted molar refractivity (Wildman–Crippen MR) is 74.1 cm³/mol. The first-order chi connectivity index (χ1) is 9.70. The molecule has 106 valence electrons. The minimum Gasteiger partial charge on any atom is -0.359 e. The Labute approximate surface area is 116 Å². The van der Waals surface area contributed by atoms with E-state index >= 15 is 0 Å². The Morgan fingerprint density at radius 1 is 1.40 bits per heavy atom. The molecule has 0 bridgehead atoms. The van der Waals surface area contributed by atoms with E-state index in [1.807, 2.05) is 25.1 Å². The number of amides is 2. The fraction of sp³-hybridized carbons (Fsp3) is 0.357. The number of aryl methyl sites for hydroxylation is 1. The van der Waals surface area contributed by atoms with Gasteiger partial charge in [-0.15, -0.1) is 0 Å². The molecule has 0 radical (unpaired) electrons. The molecule has 0 aliphatic carbocycles. The number of nitrogens with one attached hydrogen (secondary N) is 2. The molecule has 20 heavy (non-hydrogen) atoms. The average molecular weight is 275 g/mol. The zero-order valence-corrected chi connectivity index (χ0v) is 11.3. The summed E-state index contributed by atoms with van der Waals surface area (Å²) in [7, 11) is 0. The smallest absolute Gasteiger partial charge is 0.226 e. The molecule has 0 aliphatic heterocycles. The van der Waals surface area contributed by atoms with Crippen molar-refractivity contribution >= 4 is 23.3 Å². The number of nitrogens with zero attached hydrogens (tertiary/aromatic N) is 1. The number of carbonyl (C=O) groups excluding carboxylic acids is 2. The van der Waals surface area contributed by atoms with Crippen molar-refractivity contribution in [3.05, 3.63) is 29.5 Å². The number of rotatable bonds is 7. The van der Waals surface area contributed by atoms with Crippen molar-refractivity contribution in [2.24, 2.45) is 0 Å². The van der Waals surface area contributed by atoms with Gasteiger partial charge in [0.1, 0.15) is 5.69 Å². The Bertz CT molecular complexity index is 607. The summed E-state index contributed by atoms with van der Waals surface area (Å²) in [5, 5.41) is 10.1. The molecule has 0 atom stereocenters. The van der Waals surface area contributed by atoms with Gasteiger partial charge >= 0.3 is 0 Å². The van der Waals surface area contributed by atoms with Crippen LogP contribution in [-0.2, 0) is 16.0 Å². The molecule has 0 unspecified atom stereocenters. The molecule has 6 nitrogen and oxygen atoms in total. The molecule has 0 saturated heterocycles. The molecule has 0 fully saturated rings. The Kier molecular flexibility index (Phi) is 4.70. The van der Waals surface area contributed by atoms with E-state index in [-0.39, 0.29) is 12.3 Å². The second kappa shape index (κ2) is 6.70. The van der Waals surface area contributed by atoms with Crippen molar-refractivity contribution in [1.29, 1.82) is 0 Å². The molecule has 2 aromatic rings. The summed E-state index contributed by atoms with van der Waals surface area (Å²) in [5.41, 5.74) is 2.43. The van der Waals surface area contributed by atoms with E-state index in [1.165, 1.54) is 0 Å². The van der Waals surface area contributed by atoms with Gasteiger partial charge in [-0.05, 0) is 25.5 Å². The lowest BCUT2D eigenvalue weighted by Crippen LogP contribution is -2.28. The van der Waals surface area contributed by atoms with Gasteiger partial charge < -0.3 is 15.2 Å². The third-order valence-electron chi connectivity index (χ3n) is 2.93. The topological polar surface area (TPSA) is 84.2 Å². The molecule has 1 aromatic carbocycles. The van der Waals surface area contributed by atoms with E-state index in [1.54, 1.807) is 0 Å². The summed E-state index contributed by atoms with van der Waals surface area (Å²) >= 11 is 0. The monoisotopic (exact) mass is 275 g/mol. The van der Waals surface area contributed by atoms with Gasteiger partial charge in [0, 0.05) is 18.5 Å². The number of benzene rings is 1. The van der Waals surface area contributed by atoms with Crippen LogP contribution in [0, 0.1) is 6.92 Å². The second-order valence-corrected chi connectivity index (χ2v) is 4.58. The minimum absolute atomic E-state index is 0.104. The van der Waals surface area contributed by atoms with E-state index < -0.39 is 0 Å². The maximum Gasteiger partial charge on any atom is 0.226 e. The molecular formula is C14H17N3O3. The predicted octanol–water partition coefficient (Wildman–Crippen LogP) is 0.931. The van der Waals surface area contributed by atoms with Gasteiger partial charge in [-0.2, -0.15) is 0 Å². The van der Waals surface area contributed by atoms with Crippen LogP contribution in [0.25, 0.3) is 11.0 Å². The maximum absolute atomic E-state index is 11.8. The summed E-state index contributed by atoms with van der Waals surface area (Å²) in [6, 6.07) is 5.75. The Morgan fingerprint density at radius 3 is 3.05 bits per heavy atom. The van der Waals surface area contributed by atoms with E-state index in [0.717, 1.165) is 10.9 Å². The van der Waals surface area contributed by atoms with Gasteiger partial charge in [-0.1, -0.05) is 16.8 Å². The molecule has 2 N–H and O–H groups in total. The van der Waals surface area contributed by atoms with Crippen molar-refractivity contribution in [2.75, 3.05) is 13.1 Å². The standard InChI is InChI=1S/C14H17N3O3/c1-10-3-4-13-11(7-10)12(17-20-13)8-14(19)16-6-2-5-15-9-18/h3-4,7,9H,2,5-6,8H2,1H3,(H,15,18)(H,16,19). The van der Waals surface area contributed by atoms with Crippen LogP contribution in [-0.4, -0.2) is 30.6 Å². The molecule has 0 aliphatic rings. The highest BCUT2D eigenvalue weighted by molar-refractivity contribution is 5.86. The zero-order valence-electron chi connectivity index (χ0n) is 11.3. The highest BCUT2D eigenvalue weighted by atomic mass is 16.5. The van der Waals surface area contributed by atoms with Crippen LogP contribution >= 0.6 is 0 Å². The fourth-order valence-electron chi connectivity index (χ4n) is 1.92. The Morgan fingerprint density at radius 2 is 2.25 bits per heavy atom. The number of carbonyl (C=O) groups is 2. The van der Waals surface area contributed by atoms with Crippen LogP contribution < -0.4 is 10.6 Å². The Balaban J connectivity index is 1.89. The van der Waals surface area contributed by atoms with Gasteiger partial charge in [0.05, 0.1) is 6.42 Å². The highest BCUT2D eigenvalue weighted by Gasteiger charge is 2.12. The molecule has 1 aromatic heterocycles. The molecule has 2 amide bonds. The van der Waals surface area contributed by atoms with E-state index in [0.29, 0.717) is 37.2 Å². The van der Waals surface area contributed by atoms with Crippen molar-refractivity contribution < 1.29 is 14.1 Å². The third-order valence-corrected chi connectivity index (χ3v) is 2.93. The summed E-state index contributed by atoms with van der Waals surface area (Å²) < 4.78 is 5.18. The van der Waals surface area contributed by atoms with E-state index in [2.05, 4.69) is 15.8 Å². The van der Waals surface area contributed by atoms with E-state index in [9.17, 15) is 9.59 Å². The zero-order chi connectivity index (χ0) is 14.4. The second-order valence-electron chi connectivity index (χ2n) is 4.58. The molecule has 2 rings (SSSR count). The van der Waals surface area contributed by atoms with Crippen molar-refractivity contribution in [2.45, 2.75) is 19.8 Å². The van der Waals surface area contributed by atoms with Crippen LogP contribution in [0.15, 0.2) is 22.7 Å². The molecule has 0 spiro atoms. The van der Waals surface area contributed by atoms with Crippen molar-refractivity contribution in [1.82, 2.24) is 15.8 Å². The Hall–Kier alpha value is -2.37. The first kappa shape index (κ1) is 14.0. The largest absolute Gasteiger partial charge is 0.359 e. The summed E-state index contributed by atoms with van der Waals surface area (Å²) in [5.74, 6) is -0.104. The van der Waals surface area contributed by atoms with Crippen LogP contribution in [0.4, 0.5) is 0 Å².